The molecule has 0 aliphatic heterocycles. The number of aromatic nitrogens is 4. The third-order valence-corrected chi connectivity index (χ3v) is 5.00. The molecule has 6 nitrogen and oxygen atoms in total. The fourth-order valence-corrected chi connectivity index (χ4v) is 3.36. The van der Waals surface area contributed by atoms with E-state index >= 15 is 0 Å². The summed E-state index contributed by atoms with van der Waals surface area (Å²) in [4.78, 5) is 16.7. The van der Waals surface area contributed by atoms with Gasteiger partial charge in [-0.2, -0.15) is 4.39 Å². The van der Waals surface area contributed by atoms with Gasteiger partial charge in [-0.1, -0.05) is 25.1 Å². The largest absolute Gasteiger partial charge is 0.496 e. The highest BCUT2D eigenvalue weighted by Gasteiger charge is 2.12. The van der Waals surface area contributed by atoms with Crippen LogP contribution < -0.4 is 10.1 Å². The summed E-state index contributed by atoms with van der Waals surface area (Å²) >= 11 is 0. The minimum Gasteiger partial charge on any atom is -0.496 e. The van der Waals surface area contributed by atoms with Crippen molar-refractivity contribution >= 4 is 5.82 Å². The van der Waals surface area contributed by atoms with Crippen LogP contribution in [0.1, 0.15) is 18.4 Å². The second kappa shape index (κ2) is 9.30. The van der Waals surface area contributed by atoms with Crippen molar-refractivity contribution in [2.24, 2.45) is 0 Å². The highest BCUT2D eigenvalue weighted by molar-refractivity contribution is 5.69. The summed E-state index contributed by atoms with van der Waals surface area (Å²) in [5, 5.41) is 3.38. The lowest BCUT2D eigenvalue weighted by Crippen LogP contribution is -2.12. The van der Waals surface area contributed by atoms with Gasteiger partial charge in [0.2, 0.25) is 5.95 Å². The van der Waals surface area contributed by atoms with E-state index in [2.05, 4.69) is 38.2 Å². The molecule has 0 saturated heterocycles. The number of hydrogen-bond acceptors (Lipinski definition) is 6. The molecular weight excluding hydrogens is 393 g/mol. The molecule has 1 atom stereocenters. The van der Waals surface area contributed by atoms with E-state index in [0.717, 1.165) is 28.4 Å². The van der Waals surface area contributed by atoms with Crippen molar-refractivity contribution < 1.29 is 9.13 Å². The lowest BCUT2D eigenvalue weighted by molar-refractivity contribution is 0.407. The maximum Gasteiger partial charge on any atom is 0.213 e. The van der Waals surface area contributed by atoms with Crippen LogP contribution in [0.3, 0.4) is 0 Å². The van der Waals surface area contributed by atoms with Crippen LogP contribution in [0, 0.1) is 5.95 Å². The number of pyridine rings is 2. The molecule has 3 aromatic heterocycles. The Balaban J connectivity index is 1.52. The molecule has 1 N–H and O–H groups in total. The van der Waals surface area contributed by atoms with Crippen LogP contribution in [0.5, 0.6) is 5.75 Å². The van der Waals surface area contributed by atoms with Gasteiger partial charge in [0, 0.05) is 48.1 Å². The molecule has 4 rings (SSSR count). The number of rotatable bonds is 7. The number of methoxy groups -OCH3 is 1. The Labute approximate surface area is 180 Å². The molecule has 31 heavy (non-hydrogen) atoms. The lowest BCUT2D eigenvalue weighted by atomic mass is 10.00. The summed E-state index contributed by atoms with van der Waals surface area (Å²) in [6.07, 6.45) is 4.63. The van der Waals surface area contributed by atoms with Gasteiger partial charge in [-0.15, -0.1) is 0 Å². The normalized spacial score (nSPS) is 11.7. The SMILES string of the molecule is COc1ccccc1[C@H](C)CNc1cc(-c2ccnc(-c3ccnc(F)c3)c2)ncn1. The number of hydrogen-bond donors (Lipinski definition) is 1. The molecule has 0 spiro atoms. The van der Waals surface area contributed by atoms with Crippen LogP contribution in [0.25, 0.3) is 22.5 Å². The van der Waals surface area contributed by atoms with E-state index in [9.17, 15) is 4.39 Å². The molecular formula is C24H22FN5O. The van der Waals surface area contributed by atoms with E-state index in [1.165, 1.54) is 18.6 Å². The van der Waals surface area contributed by atoms with Gasteiger partial charge in [-0.25, -0.2) is 15.0 Å². The van der Waals surface area contributed by atoms with Crippen LogP contribution in [0.15, 0.2) is 73.3 Å². The Hall–Kier alpha value is -3.87. The van der Waals surface area contributed by atoms with Crippen molar-refractivity contribution in [1.82, 2.24) is 19.9 Å². The maximum absolute atomic E-state index is 13.5. The van der Waals surface area contributed by atoms with E-state index in [-0.39, 0.29) is 5.92 Å². The molecule has 0 unspecified atom stereocenters. The van der Waals surface area contributed by atoms with Crippen LogP contribution in [-0.4, -0.2) is 33.6 Å². The van der Waals surface area contributed by atoms with Gasteiger partial charge in [-0.05, 0) is 29.8 Å². The standard InChI is InChI=1S/C24H22FN5O/c1-16(19-5-3-4-6-22(19)31-2)14-28-24-13-21(29-15-30-24)17-7-9-26-20(11-17)18-8-10-27-23(25)12-18/h3-13,15-16H,14H2,1-2H3,(H,28,29,30)/t16-/m1/s1. The average Bonchev–Trinajstić information content (AvgIpc) is 2.83. The highest BCUT2D eigenvalue weighted by Crippen LogP contribution is 2.27. The van der Waals surface area contributed by atoms with Gasteiger partial charge in [0.25, 0.3) is 0 Å². The lowest BCUT2D eigenvalue weighted by Gasteiger charge is -2.16. The smallest absolute Gasteiger partial charge is 0.213 e. The number of para-hydroxylation sites is 1. The highest BCUT2D eigenvalue weighted by atomic mass is 19.1. The average molecular weight is 415 g/mol. The monoisotopic (exact) mass is 415 g/mol. The topological polar surface area (TPSA) is 72.8 Å². The van der Waals surface area contributed by atoms with Gasteiger partial charge in [0.05, 0.1) is 18.5 Å². The first-order valence-corrected chi connectivity index (χ1v) is 9.91. The quantitative estimate of drug-likeness (QED) is 0.430. The second-order valence-electron chi connectivity index (χ2n) is 7.11. The Kier molecular flexibility index (Phi) is 6.12. The third kappa shape index (κ3) is 4.83. The minimum absolute atomic E-state index is 0.226. The Morgan fingerprint density at radius 3 is 2.45 bits per heavy atom. The molecule has 0 fully saturated rings. The molecule has 7 heteroatoms. The van der Waals surface area contributed by atoms with Gasteiger partial charge in [0.1, 0.15) is 17.9 Å². The van der Waals surface area contributed by atoms with E-state index in [4.69, 9.17) is 4.74 Å². The second-order valence-corrected chi connectivity index (χ2v) is 7.11. The minimum atomic E-state index is -0.539. The molecule has 0 aliphatic carbocycles. The van der Waals surface area contributed by atoms with Gasteiger partial charge in [-0.3, -0.25) is 4.98 Å². The number of anilines is 1. The van der Waals surface area contributed by atoms with Gasteiger partial charge < -0.3 is 10.1 Å². The Morgan fingerprint density at radius 1 is 0.903 bits per heavy atom. The first-order valence-electron chi connectivity index (χ1n) is 9.91. The van der Waals surface area contributed by atoms with Crippen molar-refractivity contribution in [3.05, 3.63) is 84.8 Å². The summed E-state index contributed by atoms with van der Waals surface area (Å²) in [5.41, 5.74) is 4.06. The maximum atomic E-state index is 13.5. The zero-order valence-corrected chi connectivity index (χ0v) is 17.3. The summed E-state index contributed by atoms with van der Waals surface area (Å²) in [5.74, 6) is 1.28. The fraction of sp³-hybridized carbons (Fsp3) is 0.167. The zero-order chi connectivity index (χ0) is 21.6. The van der Waals surface area contributed by atoms with E-state index in [1.807, 2.05) is 36.4 Å². The molecule has 156 valence electrons. The molecule has 3 heterocycles. The first-order chi connectivity index (χ1) is 15.1. The third-order valence-electron chi connectivity index (χ3n) is 5.00. The Bertz CT molecular complexity index is 1180. The van der Waals surface area contributed by atoms with Crippen LogP contribution >= 0.6 is 0 Å². The van der Waals surface area contributed by atoms with E-state index in [1.54, 1.807) is 19.4 Å². The predicted octanol–water partition coefficient (Wildman–Crippen LogP) is 4.96. The number of nitrogens with zero attached hydrogens (tertiary/aromatic N) is 4. The van der Waals surface area contributed by atoms with E-state index < -0.39 is 5.95 Å². The summed E-state index contributed by atoms with van der Waals surface area (Å²) in [7, 11) is 1.68. The van der Waals surface area contributed by atoms with Crippen molar-refractivity contribution in [1.29, 1.82) is 0 Å². The summed E-state index contributed by atoms with van der Waals surface area (Å²) < 4.78 is 18.9. The van der Waals surface area contributed by atoms with Gasteiger partial charge >= 0.3 is 0 Å². The van der Waals surface area contributed by atoms with Crippen LogP contribution in [0.4, 0.5) is 10.2 Å². The molecule has 0 amide bonds. The summed E-state index contributed by atoms with van der Waals surface area (Å²) in [6.45, 7) is 2.82. The number of halogens is 1. The van der Waals surface area contributed by atoms with Crippen molar-refractivity contribution in [2.75, 3.05) is 19.0 Å². The molecule has 0 radical (unpaired) electrons. The van der Waals surface area contributed by atoms with Crippen molar-refractivity contribution in [3.63, 3.8) is 0 Å². The van der Waals surface area contributed by atoms with Crippen LogP contribution in [0.2, 0.25) is 0 Å². The Morgan fingerprint density at radius 2 is 1.65 bits per heavy atom. The summed E-state index contributed by atoms with van der Waals surface area (Å²) in [6, 6.07) is 16.7. The number of benzene rings is 1. The molecule has 0 saturated carbocycles. The van der Waals surface area contributed by atoms with E-state index in [0.29, 0.717) is 17.8 Å². The molecule has 4 aromatic rings. The van der Waals surface area contributed by atoms with Crippen molar-refractivity contribution in [2.45, 2.75) is 12.8 Å². The first kappa shape index (κ1) is 20.4. The molecule has 0 aliphatic rings. The van der Waals surface area contributed by atoms with Gasteiger partial charge in [0.15, 0.2) is 0 Å². The fourth-order valence-electron chi connectivity index (χ4n) is 3.36. The number of ether oxygens (including phenoxy) is 1. The van der Waals surface area contributed by atoms with Crippen molar-refractivity contribution in [3.8, 4) is 28.3 Å². The van der Waals surface area contributed by atoms with Crippen LogP contribution in [-0.2, 0) is 0 Å². The predicted molar refractivity (Wildman–Crippen MR) is 118 cm³/mol. The number of nitrogens with one attached hydrogen (secondary N) is 1. The molecule has 0 bridgehead atoms. The zero-order valence-electron chi connectivity index (χ0n) is 17.3. The molecule has 1 aromatic carbocycles.